The topological polar surface area (TPSA) is 94.4 Å². The average molecular weight is 412 g/mol. The number of carbonyl (C=O) groups is 1. The first-order chi connectivity index (χ1) is 12.9. The van der Waals surface area contributed by atoms with Crippen molar-refractivity contribution in [2.75, 3.05) is 18.5 Å². The molecule has 0 saturated carbocycles. The van der Waals surface area contributed by atoms with Crippen LogP contribution in [0, 0.1) is 17.2 Å². The van der Waals surface area contributed by atoms with Gasteiger partial charge in [0.1, 0.15) is 24.5 Å². The fourth-order valence-electron chi connectivity index (χ4n) is 2.65. The minimum Gasteiger partial charge on any atom is -0.489 e. The molecular formula is C21H34ClN3O3. The summed E-state index contributed by atoms with van der Waals surface area (Å²) in [5.41, 5.74) is 0.916. The summed E-state index contributed by atoms with van der Waals surface area (Å²) in [7, 11) is 0. The molecule has 0 aromatic heterocycles. The van der Waals surface area contributed by atoms with Crippen molar-refractivity contribution in [1.29, 1.82) is 5.26 Å². The number of benzene rings is 1. The van der Waals surface area contributed by atoms with Crippen LogP contribution in [-0.4, -0.2) is 36.3 Å². The summed E-state index contributed by atoms with van der Waals surface area (Å²) in [4.78, 5) is 12.4. The van der Waals surface area contributed by atoms with Gasteiger partial charge in [0.05, 0.1) is 5.56 Å². The summed E-state index contributed by atoms with van der Waals surface area (Å²) in [6.45, 7) is 8.63. The van der Waals surface area contributed by atoms with Crippen LogP contribution in [-0.2, 0) is 4.79 Å². The number of nitriles is 1. The summed E-state index contributed by atoms with van der Waals surface area (Å²) >= 11 is 0. The molecule has 1 amide bonds. The van der Waals surface area contributed by atoms with E-state index in [0.29, 0.717) is 23.5 Å². The third-order valence-corrected chi connectivity index (χ3v) is 4.33. The Hall–Kier alpha value is -1.81. The number of rotatable bonds is 12. The van der Waals surface area contributed by atoms with Gasteiger partial charge >= 0.3 is 0 Å². The highest BCUT2D eigenvalue weighted by molar-refractivity contribution is 5.92. The van der Waals surface area contributed by atoms with Gasteiger partial charge in [0.15, 0.2) is 0 Å². The first-order valence-corrected chi connectivity index (χ1v) is 9.80. The van der Waals surface area contributed by atoms with E-state index in [4.69, 9.17) is 4.74 Å². The van der Waals surface area contributed by atoms with Gasteiger partial charge in [0, 0.05) is 24.2 Å². The number of nitrogens with zero attached hydrogens (tertiary/aromatic N) is 1. The van der Waals surface area contributed by atoms with Crippen LogP contribution in [0.2, 0.25) is 0 Å². The van der Waals surface area contributed by atoms with Crippen molar-refractivity contribution in [3.8, 4) is 11.8 Å². The molecule has 1 rings (SSSR count). The predicted molar refractivity (Wildman–Crippen MR) is 115 cm³/mol. The lowest BCUT2D eigenvalue weighted by Gasteiger charge is -2.17. The van der Waals surface area contributed by atoms with Crippen LogP contribution in [0.15, 0.2) is 18.2 Å². The van der Waals surface area contributed by atoms with E-state index < -0.39 is 6.10 Å². The van der Waals surface area contributed by atoms with Gasteiger partial charge in [-0.1, -0.05) is 40.5 Å². The number of halogens is 1. The summed E-state index contributed by atoms with van der Waals surface area (Å²) in [6, 6.07) is 7.35. The summed E-state index contributed by atoms with van der Waals surface area (Å²) in [6.07, 6.45) is 3.08. The number of amides is 1. The van der Waals surface area contributed by atoms with E-state index in [9.17, 15) is 15.2 Å². The standard InChI is InChI=1S/C21H33N3O3.ClH/c1-5-7-8-16(6-2)21(26)24-18-9-10-20(17(11-18)12-22)27-14-19(25)13-23-15(3)4;/h9-11,15-16,19,23,25H,5-8,13-14H2,1-4H3,(H,24,26);1H. The molecule has 0 spiro atoms. The molecule has 0 aliphatic carbocycles. The number of nitrogens with one attached hydrogen (secondary N) is 2. The maximum atomic E-state index is 12.4. The Bertz CT molecular complexity index is 632. The zero-order valence-electron chi connectivity index (χ0n) is 17.3. The SMILES string of the molecule is CCCCC(CC)C(=O)Nc1ccc(OCC(O)CNC(C)C)c(C#N)c1.Cl. The minimum absolute atomic E-state index is 0. The van der Waals surface area contributed by atoms with Gasteiger partial charge in [-0.05, 0) is 31.0 Å². The van der Waals surface area contributed by atoms with E-state index in [1.54, 1.807) is 18.2 Å². The molecule has 0 radical (unpaired) electrons. The number of aliphatic hydroxyl groups is 1. The van der Waals surface area contributed by atoms with Crippen LogP contribution in [0.3, 0.4) is 0 Å². The quantitative estimate of drug-likeness (QED) is 0.485. The molecular weight excluding hydrogens is 378 g/mol. The molecule has 1 aromatic rings. The van der Waals surface area contributed by atoms with Crippen molar-refractivity contribution >= 4 is 24.0 Å². The van der Waals surface area contributed by atoms with Gasteiger partial charge in [-0.2, -0.15) is 5.26 Å². The smallest absolute Gasteiger partial charge is 0.227 e. The number of hydrogen-bond acceptors (Lipinski definition) is 5. The second-order valence-electron chi connectivity index (χ2n) is 7.09. The van der Waals surface area contributed by atoms with E-state index in [1.165, 1.54) is 0 Å². The van der Waals surface area contributed by atoms with E-state index in [2.05, 4.69) is 23.6 Å². The normalized spacial score (nSPS) is 12.6. The Balaban J connectivity index is 0.00000729. The van der Waals surface area contributed by atoms with Crippen molar-refractivity contribution in [2.24, 2.45) is 5.92 Å². The molecule has 0 bridgehead atoms. The molecule has 2 atom stereocenters. The molecule has 3 N–H and O–H groups in total. The molecule has 0 saturated heterocycles. The van der Waals surface area contributed by atoms with Gasteiger partial charge in [0.2, 0.25) is 5.91 Å². The van der Waals surface area contributed by atoms with Crippen LogP contribution < -0.4 is 15.4 Å². The third-order valence-electron chi connectivity index (χ3n) is 4.33. The van der Waals surface area contributed by atoms with Crippen molar-refractivity contribution in [2.45, 2.75) is 65.5 Å². The Morgan fingerprint density at radius 3 is 2.61 bits per heavy atom. The van der Waals surface area contributed by atoms with Crippen LogP contribution in [0.1, 0.15) is 58.9 Å². The molecule has 28 heavy (non-hydrogen) atoms. The fraction of sp³-hybridized carbons (Fsp3) is 0.619. The van der Waals surface area contributed by atoms with E-state index in [1.807, 2.05) is 20.8 Å². The lowest BCUT2D eigenvalue weighted by molar-refractivity contribution is -0.120. The number of hydrogen-bond donors (Lipinski definition) is 3. The highest BCUT2D eigenvalue weighted by atomic mass is 35.5. The zero-order valence-corrected chi connectivity index (χ0v) is 18.1. The second kappa shape index (κ2) is 14.2. The van der Waals surface area contributed by atoms with Gasteiger partial charge in [-0.3, -0.25) is 4.79 Å². The first-order valence-electron chi connectivity index (χ1n) is 9.80. The number of carbonyl (C=O) groups excluding carboxylic acids is 1. The Morgan fingerprint density at radius 1 is 1.32 bits per heavy atom. The van der Waals surface area contributed by atoms with Crippen molar-refractivity contribution in [3.63, 3.8) is 0 Å². The van der Waals surface area contributed by atoms with Gasteiger partial charge < -0.3 is 20.5 Å². The predicted octanol–water partition coefficient (Wildman–Crippen LogP) is 3.87. The maximum absolute atomic E-state index is 12.4. The van der Waals surface area contributed by atoms with E-state index >= 15 is 0 Å². The number of unbranched alkanes of at least 4 members (excludes halogenated alkanes) is 1. The maximum Gasteiger partial charge on any atom is 0.227 e. The number of ether oxygens (including phenoxy) is 1. The fourth-order valence-corrected chi connectivity index (χ4v) is 2.65. The second-order valence-corrected chi connectivity index (χ2v) is 7.09. The van der Waals surface area contributed by atoms with E-state index in [0.717, 1.165) is 25.7 Å². The van der Waals surface area contributed by atoms with Crippen molar-refractivity contribution < 1.29 is 14.6 Å². The third kappa shape index (κ3) is 9.41. The molecule has 158 valence electrons. The van der Waals surface area contributed by atoms with Gasteiger partial charge in [-0.15, -0.1) is 12.4 Å². The highest BCUT2D eigenvalue weighted by Crippen LogP contribution is 2.23. The lowest BCUT2D eigenvalue weighted by atomic mass is 9.98. The first kappa shape index (κ1) is 26.2. The van der Waals surface area contributed by atoms with Gasteiger partial charge in [0.25, 0.3) is 0 Å². The molecule has 0 heterocycles. The monoisotopic (exact) mass is 411 g/mol. The lowest BCUT2D eigenvalue weighted by Crippen LogP contribution is -2.35. The molecule has 0 aliphatic rings. The molecule has 0 aliphatic heterocycles. The molecule has 6 nitrogen and oxygen atoms in total. The minimum atomic E-state index is -0.665. The van der Waals surface area contributed by atoms with Crippen LogP contribution in [0.4, 0.5) is 5.69 Å². The Morgan fingerprint density at radius 2 is 2.04 bits per heavy atom. The molecule has 1 aromatic carbocycles. The van der Waals surface area contributed by atoms with Gasteiger partial charge in [-0.25, -0.2) is 0 Å². The average Bonchev–Trinajstić information content (AvgIpc) is 2.65. The summed E-state index contributed by atoms with van der Waals surface area (Å²) in [5, 5.41) is 25.3. The Labute approximate surface area is 175 Å². The number of aliphatic hydroxyl groups excluding tert-OH is 1. The van der Waals surface area contributed by atoms with Crippen LogP contribution in [0.25, 0.3) is 0 Å². The highest BCUT2D eigenvalue weighted by Gasteiger charge is 2.17. The van der Waals surface area contributed by atoms with Crippen molar-refractivity contribution in [1.82, 2.24) is 5.32 Å². The molecule has 2 unspecified atom stereocenters. The van der Waals surface area contributed by atoms with Crippen LogP contribution in [0.5, 0.6) is 5.75 Å². The molecule has 7 heteroatoms. The van der Waals surface area contributed by atoms with Crippen molar-refractivity contribution in [3.05, 3.63) is 23.8 Å². The summed E-state index contributed by atoms with van der Waals surface area (Å²) in [5.74, 6) is 0.367. The summed E-state index contributed by atoms with van der Waals surface area (Å²) < 4.78 is 5.58. The Kier molecular flexibility index (Phi) is 13.3. The molecule has 0 fully saturated rings. The van der Waals surface area contributed by atoms with Crippen LogP contribution >= 0.6 is 12.4 Å². The largest absolute Gasteiger partial charge is 0.489 e. The van der Waals surface area contributed by atoms with E-state index in [-0.39, 0.29) is 36.9 Å². The zero-order chi connectivity index (χ0) is 20.2. The number of anilines is 1.